The molecule has 19 heavy (non-hydrogen) atoms. The first-order valence-electron chi connectivity index (χ1n) is 5.96. The number of sulfonamides is 1. The highest BCUT2D eigenvalue weighted by Gasteiger charge is 2.22. The van der Waals surface area contributed by atoms with Gasteiger partial charge in [-0.3, -0.25) is 4.31 Å². The second-order valence-electron chi connectivity index (χ2n) is 4.06. The summed E-state index contributed by atoms with van der Waals surface area (Å²) in [4.78, 5) is 10.8. The molecule has 3 N–H and O–H groups in total. The maximum Gasteiger partial charge on any atom is 0.335 e. The summed E-state index contributed by atoms with van der Waals surface area (Å²) in [5.74, 6) is -1.07. The van der Waals surface area contributed by atoms with Crippen LogP contribution in [0.4, 0.5) is 11.4 Å². The number of anilines is 2. The zero-order valence-corrected chi connectivity index (χ0v) is 11.8. The smallest absolute Gasteiger partial charge is 0.335 e. The molecule has 0 bridgehead atoms. The predicted octanol–water partition coefficient (Wildman–Crippen LogP) is 1.53. The Kier molecular flexibility index (Phi) is 4.77. The van der Waals surface area contributed by atoms with Gasteiger partial charge in [0.05, 0.1) is 22.7 Å². The molecule has 0 aliphatic carbocycles. The predicted molar refractivity (Wildman–Crippen MR) is 74.9 cm³/mol. The van der Waals surface area contributed by atoms with Gasteiger partial charge in [0.15, 0.2) is 0 Å². The van der Waals surface area contributed by atoms with E-state index in [4.69, 9.17) is 10.8 Å². The lowest BCUT2D eigenvalue weighted by Crippen LogP contribution is -2.33. The van der Waals surface area contributed by atoms with Gasteiger partial charge in [0.1, 0.15) is 0 Å². The molecule has 0 fully saturated rings. The van der Waals surface area contributed by atoms with Gasteiger partial charge in [-0.1, -0.05) is 6.92 Å². The van der Waals surface area contributed by atoms with Crippen molar-refractivity contribution in [3.8, 4) is 0 Å². The molecule has 0 aliphatic rings. The van der Waals surface area contributed by atoms with Gasteiger partial charge in [0.25, 0.3) is 0 Å². The van der Waals surface area contributed by atoms with Crippen LogP contribution in [-0.4, -0.2) is 31.8 Å². The van der Waals surface area contributed by atoms with Gasteiger partial charge in [-0.2, -0.15) is 0 Å². The van der Waals surface area contributed by atoms with E-state index in [0.29, 0.717) is 12.1 Å². The Morgan fingerprint density at radius 2 is 2.00 bits per heavy atom. The molecule has 0 spiro atoms. The van der Waals surface area contributed by atoms with Crippen LogP contribution in [0.25, 0.3) is 0 Å². The largest absolute Gasteiger partial charge is 0.478 e. The summed E-state index contributed by atoms with van der Waals surface area (Å²) in [6.45, 7) is 3.74. The highest BCUT2D eigenvalue weighted by Crippen LogP contribution is 2.27. The Balaban J connectivity index is 3.24. The van der Waals surface area contributed by atoms with Crippen LogP contribution in [0.3, 0.4) is 0 Å². The number of nitrogens with two attached hydrogens (primary N) is 1. The Hall–Kier alpha value is -1.76. The van der Waals surface area contributed by atoms with Crippen molar-refractivity contribution >= 4 is 27.4 Å². The highest BCUT2D eigenvalue weighted by molar-refractivity contribution is 7.92. The standard InChI is InChI=1S/C12H18N2O4S/c1-3-7-19(17,18)14(4-2)11-6-5-9(12(15)16)8-10(11)13/h5-6,8H,3-4,7,13H2,1-2H3,(H,15,16). The number of carbonyl (C=O) groups is 1. The second-order valence-corrected chi connectivity index (χ2v) is 6.07. The monoisotopic (exact) mass is 286 g/mol. The molecule has 0 atom stereocenters. The Morgan fingerprint density at radius 1 is 1.37 bits per heavy atom. The van der Waals surface area contributed by atoms with Crippen molar-refractivity contribution < 1.29 is 18.3 Å². The summed E-state index contributed by atoms with van der Waals surface area (Å²) in [6.07, 6.45) is 0.506. The maximum atomic E-state index is 12.1. The van der Waals surface area contributed by atoms with Gasteiger partial charge in [-0.25, -0.2) is 13.2 Å². The molecule has 0 saturated heterocycles. The van der Waals surface area contributed by atoms with Crippen molar-refractivity contribution in [1.29, 1.82) is 0 Å². The number of hydrogen-bond acceptors (Lipinski definition) is 4. The van der Waals surface area contributed by atoms with Gasteiger partial charge in [0.2, 0.25) is 10.0 Å². The van der Waals surface area contributed by atoms with E-state index in [0.717, 1.165) is 0 Å². The molecule has 0 aliphatic heterocycles. The molecular formula is C12H18N2O4S. The fourth-order valence-corrected chi connectivity index (χ4v) is 3.40. The molecule has 6 nitrogen and oxygen atoms in total. The summed E-state index contributed by atoms with van der Waals surface area (Å²) in [5.41, 5.74) is 6.25. The third-order valence-corrected chi connectivity index (χ3v) is 4.68. The number of aromatic carboxylic acids is 1. The number of nitrogens with zero attached hydrogens (tertiary/aromatic N) is 1. The first kappa shape index (κ1) is 15.3. The number of benzene rings is 1. The van der Waals surface area contributed by atoms with E-state index in [1.807, 2.05) is 0 Å². The molecule has 0 radical (unpaired) electrons. The Labute approximate surface area is 112 Å². The maximum absolute atomic E-state index is 12.1. The quantitative estimate of drug-likeness (QED) is 0.772. The van der Waals surface area contributed by atoms with Gasteiger partial charge in [-0.15, -0.1) is 0 Å². The summed E-state index contributed by atoms with van der Waals surface area (Å²) in [5, 5.41) is 8.85. The molecule has 1 rings (SSSR count). The minimum atomic E-state index is -3.43. The fraction of sp³-hybridized carbons (Fsp3) is 0.417. The number of carboxylic acid groups (broad SMARTS) is 1. The van der Waals surface area contributed by atoms with E-state index in [1.165, 1.54) is 22.5 Å². The number of nitrogen functional groups attached to an aromatic ring is 1. The molecule has 1 aromatic rings. The van der Waals surface area contributed by atoms with Crippen LogP contribution >= 0.6 is 0 Å². The molecule has 0 amide bonds. The van der Waals surface area contributed by atoms with E-state index in [2.05, 4.69) is 0 Å². The van der Waals surface area contributed by atoms with Crippen molar-refractivity contribution in [2.45, 2.75) is 20.3 Å². The number of rotatable bonds is 6. The van der Waals surface area contributed by atoms with E-state index in [-0.39, 0.29) is 23.5 Å². The Morgan fingerprint density at radius 3 is 2.42 bits per heavy atom. The van der Waals surface area contributed by atoms with Crippen LogP contribution in [0.5, 0.6) is 0 Å². The zero-order chi connectivity index (χ0) is 14.6. The summed E-state index contributed by atoms with van der Waals surface area (Å²) >= 11 is 0. The molecule has 0 saturated carbocycles. The van der Waals surface area contributed by atoms with Gasteiger partial charge < -0.3 is 10.8 Å². The molecule has 7 heteroatoms. The molecule has 106 valence electrons. The average molecular weight is 286 g/mol. The zero-order valence-electron chi connectivity index (χ0n) is 11.0. The summed E-state index contributed by atoms with van der Waals surface area (Å²) < 4.78 is 25.4. The number of carboxylic acids is 1. The lowest BCUT2D eigenvalue weighted by molar-refractivity contribution is 0.0697. The first-order valence-corrected chi connectivity index (χ1v) is 7.57. The topological polar surface area (TPSA) is 101 Å². The van der Waals surface area contributed by atoms with Crippen molar-refractivity contribution in [1.82, 2.24) is 0 Å². The Bertz CT molecular complexity index is 569. The first-order chi connectivity index (χ1) is 8.83. The van der Waals surface area contributed by atoms with Crippen LogP contribution in [0, 0.1) is 0 Å². The van der Waals surface area contributed by atoms with Crippen LogP contribution in [0.15, 0.2) is 18.2 Å². The molecular weight excluding hydrogens is 268 g/mol. The molecule has 0 aromatic heterocycles. The van der Waals surface area contributed by atoms with Gasteiger partial charge >= 0.3 is 5.97 Å². The second kappa shape index (κ2) is 5.92. The fourth-order valence-electron chi connectivity index (χ4n) is 1.80. The van der Waals surface area contributed by atoms with Crippen LogP contribution in [0.2, 0.25) is 0 Å². The van der Waals surface area contributed by atoms with Crippen molar-refractivity contribution in [3.05, 3.63) is 23.8 Å². The van der Waals surface area contributed by atoms with Gasteiger partial charge in [-0.05, 0) is 31.5 Å². The highest BCUT2D eigenvalue weighted by atomic mass is 32.2. The summed E-state index contributed by atoms with van der Waals surface area (Å²) in [7, 11) is -3.43. The van der Waals surface area contributed by atoms with Crippen LogP contribution in [0.1, 0.15) is 30.6 Å². The molecule has 0 unspecified atom stereocenters. The van der Waals surface area contributed by atoms with Crippen molar-refractivity contribution in [2.24, 2.45) is 0 Å². The van der Waals surface area contributed by atoms with E-state index < -0.39 is 16.0 Å². The van der Waals surface area contributed by atoms with Crippen LogP contribution < -0.4 is 10.0 Å². The third kappa shape index (κ3) is 3.37. The minimum Gasteiger partial charge on any atom is -0.478 e. The normalized spacial score (nSPS) is 11.3. The van der Waals surface area contributed by atoms with Crippen LogP contribution in [-0.2, 0) is 10.0 Å². The third-order valence-electron chi connectivity index (χ3n) is 2.63. The minimum absolute atomic E-state index is 0.0287. The molecule has 1 aromatic carbocycles. The average Bonchev–Trinajstić information content (AvgIpc) is 2.31. The van der Waals surface area contributed by atoms with E-state index in [9.17, 15) is 13.2 Å². The summed E-state index contributed by atoms with van der Waals surface area (Å²) in [6, 6.07) is 4.04. The van der Waals surface area contributed by atoms with E-state index in [1.54, 1.807) is 13.8 Å². The van der Waals surface area contributed by atoms with Crippen molar-refractivity contribution in [3.63, 3.8) is 0 Å². The van der Waals surface area contributed by atoms with Gasteiger partial charge in [0, 0.05) is 6.54 Å². The lowest BCUT2D eigenvalue weighted by Gasteiger charge is -2.24. The number of hydrogen-bond donors (Lipinski definition) is 2. The molecule has 0 heterocycles. The SMILES string of the molecule is CCCS(=O)(=O)N(CC)c1ccc(C(=O)O)cc1N. The lowest BCUT2D eigenvalue weighted by atomic mass is 10.2. The van der Waals surface area contributed by atoms with Crippen molar-refractivity contribution in [2.75, 3.05) is 22.3 Å². The van der Waals surface area contributed by atoms with E-state index >= 15 is 0 Å².